The van der Waals surface area contributed by atoms with Gasteiger partial charge in [0.15, 0.2) is 5.13 Å². The van der Waals surface area contributed by atoms with Gasteiger partial charge in [0.25, 0.3) is 0 Å². The molecule has 2 aromatic carbocycles. The summed E-state index contributed by atoms with van der Waals surface area (Å²) in [5.41, 5.74) is 3.02. The van der Waals surface area contributed by atoms with Crippen LogP contribution in [0.4, 0.5) is 9.52 Å². The molecule has 3 aromatic rings. The standard InChI is InChI=1S/C20H19FN2O2S/c1-2-13-3-5-14(6-4-13)9-19(24)25-16-11-23(12-16)20-22-17-8-7-15(21)10-18(17)26-20/h3-8,10,16H,2,9,11-12H2,1H3. The lowest BCUT2D eigenvalue weighted by molar-refractivity contribution is -0.149. The normalized spacial score (nSPS) is 14.5. The van der Waals surface area contributed by atoms with Gasteiger partial charge in [-0.2, -0.15) is 0 Å². The van der Waals surface area contributed by atoms with Crippen LogP contribution in [-0.2, 0) is 22.4 Å². The number of thiazole rings is 1. The Hall–Kier alpha value is -2.47. The summed E-state index contributed by atoms with van der Waals surface area (Å²) in [5, 5.41) is 0.841. The molecule has 1 fully saturated rings. The van der Waals surface area contributed by atoms with Crippen molar-refractivity contribution in [2.45, 2.75) is 25.9 Å². The minimum absolute atomic E-state index is 0.110. The van der Waals surface area contributed by atoms with Crippen molar-refractivity contribution in [1.29, 1.82) is 0 Å². The second kappa shape index (κ2) is 7.03. The highest BCUT2D eigenvalue weighted by Gasteiger charge is 2.32. The number of carbonyl (C=O) groups excluding carboxylic acids is 1. The van der Waals surface area contributed by atoms with Gasteiger partial charge in [-0.1, -0.05) is 42.5 Å². The van der Waals surface area contributed by atoms with Crippen LogP contribution < -0.4 is 4.90 Å². The number of anilines is 1. The third-order valence-corrected chi connectivity index (χ3v) is 5.61. The van der Waals surface area contributed by atoms with Crippen LogP contribution in [-0.4, -0.2) is 30.1 Å². The summed E-state index contributed by atoms with van der Waals surface area (Å²) >= 11 is 1.46. The van der Waals surface area contributed by atoms with Gasteiger partial charge < -0.3 is 9.64 Å². The summed E-state index contributed by atoms with van der Waals surface area (Å²) in [7, 11) is 0. The highest BCUT2D eigenvalue weighted by atomic mass is 32.1. The monoisotopic (exact) mass is 370 g/mol. The van der Waals surface area contributed by atoms with E-state index < -0.39 is 0 Å². The Morgan fingerprint density at radius 1 is 1.23 bits per heavy atom. The average Bonchev–Trinajstić information content (AvgIpc) is 3.00. The van der Waals surface area contributed by atoms with Crippen molar-refractivity contribution >= 4 is 32.7 Å². The van der Waals surface area contributed by atoms with Gasteiger partial charge in [-0.15, -0.1) is 0 Å². The van der Waals surface area contributed by atoms with E-state index in [1.807, 2.05) is 24.3 Å². The molecule has 0 radical (unpaired) electrons. The van der Waals surface area contributed by atoms with Crippen molar-refractivity contribution in [3.8, 4) is 0 Å². The number of carbonyl (C=O) groups is 1. The zero-order valence-electron chi connectivity index (χ0n) is 14.4. The maximum absolute atomic E-state index is 13.3. The van der Waals surface area contributed by atoms with E-state index in [0.29, 0.717) is 19.5 Å². The fourth-order valence-corrected chi connectivity index (χ4v) is 3.99. The second-order valence-electron chi connectivity index (χ2n) is 6.47. The third kappa shape index (κ3) is 3.55. The van der Waals surface area contributed by atoms with Crippen LogP contribution in [0.15, 0.2) is 42.5 Å². The fraction of sp³-hybridized carbons (Fsp3) is 0.300. The van der Waals surface area contributed by atoms with Crippen molar-refractivity contribution in [2.24, 2.45) is 0 Å². The van der Waals surface area contributed by atoms with Gasteiger partial charge in [0.2, 0.25) is 0 Å². The van der Waals surface area contributed by atoms with Gasteiger partial charge in [0, 0.05) is 0 Å². The zero-order valence-corrected chi connectivity index (χ0v) is 15.3. The summed E-state index contributed by atoms with van der Waals surface area (Å²) < 4.78 is 19.6. The molecule has 0 amide bonds. The Morgan fingerprint density at radius 3 is 2.69 bits per heavy atom. The molecule has 0 N–H and O–H groups in total. The number of halogens is 1. The van der Waals surface area contributed by atoms with Gasteiger partial charge in [-0.25, -0.2) is 9.37 Å². The first-order valence-corrected chi connectivity index (χ1v) is 9.50. The molecule has 1 aromatic heterocycles. The molecule has 0 unspecified atom stereocenters. The topological polar surface area (TPSA) is 42.4 Å². The number of aromatic nitrogens is 1. The van der Waals surface area contributed by atoms with E-state index in [9.17, 15) is 9.18 Å². The lowest BCUT2D eigenvalue weighted by Gasteiger charge is -2.38. The van der Waals surface area contributed by atoms with Gasteiger partial charge >= 0.3 is 5.97 Å². The largest absolute Gasteiger partial charge is 0.458 e. The molecular formula is C20H19FN2O2S. The number of aryl methyl sites for hydroxylation is 1. The lowest BCUT2D eigenvalue weighted by Crippen LogP contribution is -2.53. The highest BCUT2D eigenvalue weighted by Crippen LogP contribution is 2.32. The van der Waals surface area contributed by atoms with E-state index in [1.165, 1.54) is 29.0 Å². The molecule has 0 aliphatic carbocycles. The number of hydrogen-bond donors (Lipinski definition) is 0. The van der Waals surface area contributed by atoms with E-state index in [1.54, 1.807) is 6.07 Å². The van der Waals surface area contributed by atoms with Crippen LogP contribution in [0.25, 0.3) is 10.2 Å². The van der Waals surface area contributed by atoms with Crippen molar-refractivity contribution in [3.63, 3.8) is 0 Å². The molecule has 2 heterocycles. The van der Waals surface area contributed by atoms with Crippen LogP contribution in [0.3, 0.4) is 0 Å². The number of hydrogen-bond acceptors (Lipinski definition) is 5. The van der Waals surface area contributed by atoms with Gasteiger partial charge in [0.05, 0.1) is 29.7 Å². The van der Waals surface area contributed by atoms with Crippen molar-refractivity contribution < 1.29 is 13.9 Å². The van der Waals surface area contributed by atoms with E-state index in [2.05, 4.69) is 16.8 Å². The average molecular weight is 370 g/mol. The van der Waals surface area contributed by atoms with Crippen molar-refractivity contribution in [2.75, 3.05) is 18.0 Å². The smallest absolute Gasteiger partial charge is 0.310 e. The molecule has 134 valence electrons. The first kappa shape index (κ1) is 17.0. The predicted molar refractivity (Wildman–Crippen MR) is 101 cm³/mol. The minimum Gasteiger partial charge on any atom is -0.458 e. The Bertz CT molecular complexity index is 933. The van der Waals surface area contributed by atoms with Gasteiger partial charge in [-0.05, 0) is 35.7 Å². The Morgan fingerprint density at radius 2 is 1.96 bits per heavy atom. The van der Waals surface area contributed by atoms with Crippen LogP contribution in [0.5, 0.6) is 0 Å². The SMILES string of the molecule is CCc1ccc(CC(=O)OC2CN(c3nc4ccc(F)cc4s3)C2)cc1. The number of fused-ring (bicyclic) bond motifs is 1. The summed E-state index contributed by atoms with van der Waals surface area (Å²) in [6.45, 7) is 3.36. The molecule has 0 atom stereocenters. The molecule has 26 heavy (non-hydrogen) atoms. The van der Waals surface area contributed by atoms with E-state index in [-0.39, 0.29) is 17.9 Å². The summed E-state index contributed by atoms with van der Waals surface area (Å²) in [4.78, 5) is 18.7. The molecule has 1 aliphatic rings. The fourth-order valence-electron chi connectivity index (χ4n) is 2.98. The Kier molecular flexibility index (Phi) is 4.59. The Balaban J connectivity index is 1.30. The van der Waals surface area contributed by atoms with Gasteiger partial charge in [-0.3, -0.25) is 4.79 Å². The number of nitrogens with zero attached hydrogens (tertiary/aromatic N) is 2. The number of rotatable bonds is 5. The van der Waals surface area contributed by atoms with Crippen LogP contribution >= 0.6 is 11.3 Å². The van der Waals surface area contributed by atoms with Gasteiger partial charge in [0.1, 0.15) is 11.9 Å². The number of benzene rings is 2. The lowest BCUT2D eigenvalue weighted by atomic mass is 10.1. The molecule has 1 saturated heterocycles. The molecule has 0 spiro atoms. The van der Waals surface area contributed by atoms with Crippen molar-refractivity contribution in [3.05, 3.63) is 59.4 Å². The van der Waals surface area contributed by atoms with Crippen molar-refractivity contribution in [1.82, 2.24) is 4.98 Å². The first-order chi connectivity index (χ1) is 12.6. The van der Waals surface area contributed by atoms with Crippen LogP contribution in [0.1, 0.15) is 18.1 Å². The predicted octanol–water partition coefficient (Wildman–Crippen LogP) is 3.97. The van der Waals surface area contributed by atoms with Crippen LogP contribution in [0, 0.1) is 5.82 Å². The second-order valence-corrected chi connectivity index (χ2v) is 7.48. The first-order valence-electron chi connectivity index (χ1n) is 8.69. The van der Waals surface area contributed by atoms with E-state index in [4.69, 9.17) is 4.74 Å². The maximum atomic E-state index is 13.3. The van der Waals surface area contributed by atoms with E-state index in [0.717, 1.165) is 27.3 Å². The summed E-state index contributed by atoms with van der Waals surface area (Å²) in [6, 6.07) is 12.6. The zero-order chi connectivity index (χ0) is 18.1. The highest BCUT2D eigenvalue weighted by molar-refractivity contribution is 7.22. The third-order valence-electron chi connectivity index (χ3n) is 4.54. The van der Waals surface area contributed by atoms with E-state index >= 15 is 0 Å². The minimum atomic E-state index is -0.255. The maximum Gasteiger partial charge on any atom is 0.310 e. The Labute approximate surface area is 155 Å². The van der Waals surface area contributed by atoms with Crippen LogP contribution in [0.2, 0.25) is 0 Å². The quantitative estimate of drug-likeness (QED) is 0.638. The molecular weight excluding hydrogens is 351 g/mol. The summed E-state index contributed by atoms with van der Waals surface area (Å²) in [6.07, 6.45) is 1.17. The molecule has 4 rings (SSSR count). The molecule has 4 nitrogen and oxygen atoms in total. The summed E-state index contributed by atoms with van der Waals surface area (Å²) in [5.74, 6) is -0.458. The number of ether oxygens (including phenoxy) is 1. The molecule has 0 saturated carbocycles. The molecule has 1 aliphatic heterocycles. The molecule has 6 heteroatoms. The number of esters is 1. The molecule has 0 bridgehead atoms.